The Morgan fingerprint density at radius 2 is 2.17 bits per heavy atom. The Hall–Kier alpha value is -1.59. The van der Waals surface area contributed by atoms with Crippen molar-refractivity contribution in [1.82, 2.24) is 10.3 Å². The molecule has 1 aromatic carbocycles. The molecule has 5 heteroatoms. The molecule has 0 amide bonds. The molecule has 0 aliphatic heterocycles. The highest BCUT2D eigenvalue weighted by molar-refractivity contribution is 5.72. The zero-order valence-corrected chi connectivity index (χ0v) is 10.8. The summed E-state index contributed by atoms with van der Waals surface area (Å²) in [6.07, 6.45) is -0.631. The van der Waals surface area contributed by atoms with Crippen LogP contribution >= 0.6 is 0 Å². The second-order valence-corrected chi connectivity index (χ2v) is 5.42. The predicted octanol–water partition coefficient (Wildman–Crippen LogP) is 1.54. The molecule has 0 aliphatic rings. The van der Waals surface area contributed by atoms with Crippen LogP contribution in [0.1, 0.15) is 32.4 Å². The van der Waals surface area contributed by atoms with Crippen molar-refractivity contribution in [2.45, 2.75) is 32.4 Å². The lowest BCUT2D eigenvalue weighted by atomic mass is 10.1. The summed E-state index contributed by atoms with van der Waals surface area (Å²) in [4.78, 5) is 13.6. The minimum absolute atomic E-state index is 0.0499. The minimum atomic E-state index is -0.631. The molecular weight excluding hydrogens is 232 g/mol. The number of aromatic amines is 1. The summed E-state index contributed by atoms with van der Waals surface area (Å²) in [7, 11) is 0. The zero-order chi connectivity index (χ0) is 13.3. The summed E-state index contributed by atoms with van der Waals surface area (Å²) >= 11 is 0. The third-order valence-corrected chi connectivity index (χ3v) is 2.66. The number of benzene rings is 1. The van der Waals surface area contributed by atoms with Gasteiger partial charge < -0.3 is 14.8 Å². The third kappa shape index (κ3) is 3.00. The fourth-order valence-electron chi connectivity index (χ4n) is 1.69. The Balaban J connectivity index is 2.17. The molecule has 0 spiro atoms. The number of aliphatic hydroxyl groups excluding tert-OH is 1. The Morgan fingerprint density at radius 1 is 1.44 bits per heavy atom. The summed E-state index contributed by atoms with van der Waals surface area (Å²) in [5.74, 6) is -0.482. The average Bonchev–Trinajstić information content (AvgIpc) is 2.63. The third-order valence-electron chi connectivity index (χ3n) is 2.66. The molecule has 1 unspecified atom stereocenters. The van der Waals surface area contributed by atoms with Gasteiger partial charge >= 0.3 is 5.76 Å². The number of nitrogens with one attached hydrogen (secondary N) is 2. The van der Waals surface area contributed by atoms with Crippen molar-refractivity contribution in [3.05, 3.63) is 34.3 Å². The van der Waals surface area contributed by atoms with E-state index in [0.717, 1.165) is 5.56 Å². The number of aliphatic hydroxyl groups is 1. The van der Waals surface area contributed by atoms with Crippen LogP contribution in [0.2, 0.25) is 0 Å². The summed E-state index contributed by atoms with van der Waals surface area (Å²) in [6, 6.07) is 5.20. The second kappa shape index (κ2) is 4.59. The number of hydrogen-bond acceptors (Lipinski definition) is 4. The molecule has 0 fully saturated rings. The summed E-state index contributed by atoms with van der Waals surface area (Å²) in [6.45, 7) is 6.56. The molecule has 0 saturated carbocycles. The summed E-state index contributed by atoms with van der Waals surface area (Å²) in [5, 5.41) is 13.3. The van der Waals surface area contributed by atoms with Crippen LogP contribution < -0.4 is 11.1 Å². The maximum absolute atomic E-state index is 11.0. The van der Waals surface area contributed by atoms with Crippen LogP contribution in [0, 0.1) is 0 Å². The van der Waals surface area contributed by atoms with Gasteiger partial charge in [0.2, 0.25) is 0 Å². The van der Waals surface area contributed by atoms with E-state index in [1.807, 2.05) is 20.8 Å². The smallest absolute Gasteiger partial charge is 0.408 e. The Morgan fingerprint density at radius 3 is 2.83 bits per heavy atom. The van der Waals surface area contributed by atoms with Gasteiger partial charge in [0.15, 0.2) is 5.58 Å². The Bertz CT molecular complexity index is 592. The standard InChI is InChI=1S/C13H18N2O3/c1-13(2,3)14-7-10(16)8-4-5-9-11(6-8)18-12(17)15-9/h4-6,10,14,16H,7H2,1-3H3,(H,15,17). The molecule has 5 nitrogen and oxygen atoms in total. The SMILES string of the molecule is CC(C)(C)NCC(O)c1ccc2[nH]c(=O)oc2c1. The molecule has 1 heterocycles. The number of H-pyrrole nitrogens is 1. The van der Waals surface area contributed by atoms with E-state index in [1.54, 1.807) is 18.2 Å². The van der Waals surface area contributed by atoms with Gasteiger partial charge in [0, 0.05) is 12.1 Å². The van der Waals surface area contributed by atoms with Crippen LogP contribution in [0.4, 0.5) is 0 Å². The lowest BCUT2D eigenvalue weighted by Crippen LogP contribution is -2.38. The van der Waals surface area contributed by atoms with Gasteiger partial charge in [-0.1, -0.05) is 6.07 Å². The van der Waals surface area contributed by atoms with E-state index in [9.17, 15) is 9.90 Å². The van der Waals surface area contributed by atoms with E-state index < -0.39 is 11.9 Å². The second-order valence-electron chi connectivity index (χ2n) is 5.42. The van der Waals surface area contributed by atoms with E-state index in [1.165, 1.54) is 0 Å². The van der Waals surface area contributed by atoms with Crippen molar-refractivity contribution in [3.63, 3.8) is 0 Å². The molecule has 18 heavy (non-hydrogen) atoms. The van der Waals surface area contributed by atoms with Crippen LogP contribution in [0.3, 0.4) is 0 Å². The molecular formula is C13H18N2O3. The fourth-order valence-corrected chi connectivity index (χ4v) is 1.69. The lowest BCUT2D eigenvalue weighted by molar-refractivity contribution is 0.163. The van der Waals surface area contributed by atoms with Gasteiger partial charge in [0.25, 0.3) is 0 Å². The Labute approximate surface area is 105 Å². The molecule has 0 radical (unpaired) electrons. The average molecular weight is 250 g/mol. The molecule has 3 N–H and O–H groups in total. The monoisotopic (exact) mass is 250 g/mol. The van der Waals surface area contributed by atoms with Crippen LogP contribution in [0.25, 0.3) is 11.1 Å². The first-order valence-electron chi connectivity index (χ1n) is 5.91. The van der Waals surface area contributed by atoms with Gasteiger partial charge in [-0.25, -0.2) is 4.79 Å². The van der Waals surface area contributed by atoms with Crippen LogP contribution in [0.5, 0.6) is 0 Å². The van der Waals surface area contributed by atoms with Crippen molar-refractivity contribution in [2.24, 2.45) is 0 Å². The molecule has 0 aliphatic carbocycles. The van der Waals surface area contributed by atoms with Gasteiger partial charge in [0.05, 0.1) is 11.6 Å². The van der Waals surface area contributed by atoms with Crippen LogP contribution in [0.15, 0.2) is 27.4 Å². The van der Waals surface area contributed by atoms with Gasteiger partial charge in [-0.15, -0.1) is 0 Å². The van der Waals surface area contributed by atoms with Crippen molar-refractivity contribution in [2.75, 3.05) is 6.54 Å². The summed E-state index contributed by atoms with van der Waals surface area (Å²) < 4.78 is 4.96. The highest BCUT2D eigenvalue weighted by Crippen LogP contribution is 2.18. The van der Waals surface area contributed by atoms with Gasteiger partial charge in [-0.2, -0.15) is 0 Å². The van der Waals surface area contributed by atoms with E-state index >= 15 is 0 Å². The first-order chi connectivity index (χ1) is 8.35. The number of fused-ring (bicyclic) bond motifs is 1. The summed E-state index contributed by atoms with van der Waals surface area (Å²) in [5.41, 5.74) is 1.78. The zero-order valence-electron chi connectivity index (χ0n) is 10.8. The van der Waals surface area contributed by atoms with Crippen molar-refractivity contribution < 1.29 is 9.52 Å². The topological polar surface area (TPSA) is 78.3 Å². The number of rotatable bonds is 3. The minimum Gasteiger partial charge on any atom is -0.408 e. The predicted molar refractivity (Wildman–Crippen MR) is 69.6 cm³/mol. The number of aromatic nitrogens is 1. The largest absolute Gasteiger partial charge is 0.417 e. The van der Waals surface area contributed by atoms with E-state index in [-0.39, 0.29) is 5.54 Å². The van der Waals surface area contributed by atoms with Gasteiger partial charge in [-0.05, 0) is 38.5 Å². The number of β-amino-alcohol motifs (C(OH)–C–C–N with tert-alkyl or cyclic N) is 1. The fraction of sp³-hybridized carbons (Fsp3) is 0.462. The van der Waals surface area contributed by atoms with Gasteiger partial charge in [-0.3, -0.25) is 4.98 Å². The normalized spacial score (nSPS) is 14.0. The number of oxazole rings is 1. The van der Waals surface area contributed by atoms with E-state index in [0.29, 0.717) is 17.6 Å². The Kier molecular flexibility index (Phi) is 3.28. The van der Waals surface area contributed by atoms with E-state index in [2.05, 4.69) is 10.3 Å². The number of hydrogen-bond donors (Lipinski definition) is 3. The highest BCUT2D eigenvalue weighted by Gasteiger charge is 2.14. The molecule has 1 atom stereocenters. The first-order valence-corrected chi connectivity index (χ1v) is 5.91. The maximum Gasteiger partial charge on any atom is 0.417 e. The first kappa shape index (κ1) is 12.9. The quantitative estimate of drug-likeness (QED) is 0.772. The maximum atomic E-state index is 11.0. The molecule has 0 saturated heterocycles. The van der Waals surface area contributed by atoms with Crippen LogP contribution in [-0.2, 0) is 0 Å². The van der Waals surface area contributed by atoms with Crippen molar-refractivity contribution in [3.8, 4) is 0 Å². The van der Waals surface area contributed by atoms with Crippen molar-refractivity contribution >= 4 is 11.1 Å². The van der Waals surface area contributed by atoms with Crippen molar-refractivity contribution in [1.29, 1.82) is 0 Å². The molecule has 0 bridgehead atoms. The molecule has 98 valence electrons. The molecule has 1 aromatic heterocycles. The molecule has 2 rings (SSSR count). The van der Waals surface area contributed by atoms with Crippen LogP contribution in [-0.4, -0.2) is 22.2 Å². The molecule has 2 aromatic rings. The van der Waals surface area contributed by atoms with Gasteiger partial charge in [0.1, 0.15) is 0 Å². The van der Waals surface area contributed by atoms with E-state index in [4.69, 9.17) is 4.42 Å². The highest BCUT2D eigenvalue weighted by atomic mass is 16.4. The lowest BCUT2D eigenvalue weighted by Gasteiger charge is -2.23.